The molecule has 1 heterocycles. The van der Waals surface area contributed by atoms with Crippen LogP contribution in [0, 0.1) is 0 Å². The van der Waals surface area contributed by atoms with Crippen molar-refractivity contribution in [3.63, 3.8) is 0 Å². The van der Waals surface area contributed by atoms with Gasteiger partial charge in [0.1, 0.15) is 0 Å². The summed E-state index contributed by atoms with van der Waals surface area (Å²) in [5, 5.41) is 3.36. The van der Waals surface area contributed by atoms with Crippen molar-refractivity contribution >= 4 is 23.5 Å². The molecule has 104 valence electrons. The normalized spacial score (nSPS) is 11.7. The van der Waals surface area contributed by atoms with E-state index in [0.717, 1.165) is 6.42 Å². The summed E-state index contributed by atoms with van der Waals surface area (Å²) in [7, 11) is 0. The molecule has 0 aliphatic heterocycles. The van der Waals surface area contributed by atoms with Crippen molar-refractivity contribution in [2.75, 3.05) is 23.3 Å². The minimum atomic E-state index is 0.175. The van der Waals surface area contributed by atoms with E-state index in [0.29, 0.717) is 25.0 Å². The molecule has 0 aliphatic carbocycles. The van der Waals surface area contributed by atoms with Crippen molar-refractivity contribution in [1.82, 2.24) is 15.0 Å². The largest absolute Gasteiger partial charge is 0.352 e. The SMILES string of the molecule is C=CCN(CC=C)c1nc(Cl)nc(NC(C)CC)n1. The highest BCUT2D eigenvalue weighted by atomic mass is 35.5. The number of rotatable bonds is 8. The molecule has 1 aromatic rings. The maximum absolute atomic E-state index is 5.94. The van der Waals surface area contributed by atoms with Crippen LogP contribution < -0.4 is 10.2 Å². The van der Waals surface area contributed by atoms with Crippen molar-refractivity contribution in [3.8, 4) is 0 Å². The number of aromatic nitrogens is 3. The quantitative estimate of drug-likeness (QED) is 0.743. The zero-order valence-electron chi connectivity index (χ0n) is 11.4. The second-order valence-corrected chi connectivity index (χ2v) is 4.50. The summed E-state index contributed by atoms with van der Waals surface area (Å²) in [6, 6.07) is 0.276. The first-order chi connectivity index (χ1) is 9.10. The fourth-order valence-corrected chi connectivity index (χ4v) is 1.57. The van der Waals surface area contributed by atoms with Gasteiger partial charge in [-0.1, -0.05) is 19.1 Å². The third-order valence-electron chi connectivity index (χ3n) is 2.57. The summed E-state index contributed by atoms with van der Waals surface area (Å²) in [4.78, 5) is 14.5. The van der Waals surface area contributed by atoms with Crippen molar-refractivity contribution in [3.05, 3.63) is 30.6 Å². The Labute approximate surface area is 119 Å². The first-order valence-electron chi connectivity index (χ1n) is 6.25. The predicted molar refractivity (Wildman–Crippen MR) is 80.8 cm³/mol. The molecule has 1 aromatic heterocycles. The van der Waals surface area contributed by atoms with Crippen LogP contribution >= 0.6 is 11.6 Å². The lowest BCUT2D eigenvalue weighted by molar-refractivity contribution is 0.748. The summed E-state index contributed by atoms with van der Waals surface area (Å²) >= 11 is 5.94. The van der Waals surface area contributed by atoms with E-state index in [1.807, 2.05) is 4.90 Å². The molecular formula is C13H20ClN5. The lowest BCUT2D eigenvalue weighted by atomic mass is 10.3. The fourth-order valence-electron chi connectivity index (χ4n) is 1.42. The van der Waals surface area contributed by atoms with E-state index >= 15 is 0 Å². The van der Waals surface area contributed by atoms with Crippen LogP contribution in [0.3, 0.4) is 0 Å². The third-order valence-corrected chi connectivity index (χ3v) is 2.74. The van der Waals surface area contributed by atoms with E-state index in [1.165, 1.54) is 0 Å². The van der Waals surface area contributed by atoms with Crippen LogP contribution in [0.2, 0.25) is 5.28 Å². The lowest BCUT2D eigenvalue weighted by Gasteiger charge is -2.20. The van der Waals surface area contributed by atoms with Gasteiger partial charge >= 0.3 is 0 Å². The van der Waals surface area contributed by atoms with Crippen LogP contribution in [0.15, 0.2) is 25.3 Å². The van der Waals surface area contributed by atoms with E-state index in [4.69, 9.17) is 11.6 Å². The average Bonchev–Trinajstić information content (AvgIpc) is 2.37. The van der Waals surface area contributed by atoms with Crippen LogP contribution in [0.4, 0.5) is 11.9 Å². The predicted octanol–water partition coefficient (Wildman–Crippen LogP) is 2.91. The van der Waals surface area contributed by atoms with Crippen LogP contribution in [-0.2, 0) is 0 Å². The molecule has 0 fully saturated rings. The third kappa shape index (κ3) is 4.87. The van der Waals surface area contributed by atoms with Gasteiger partial charge in [-0.05, 0) is 24.9 Å². The highest BCUT2D eigenvalue weighted by molar-refractivity contribution is 6.28. The Morgan fingerprint density at radius 1 is 1.26 bits per heavy atom. The van der Waals surface area contributed by atoms with Gasteiger partial charge in [0, 0.05) is 19.1 Å². The molecule has 1 N–H and O–H groups in total. The molecule has 1 unspecified atom stereocenters. The van der Waals surface area contributed by atoms with E-state index in [2.05, 4.69) is 47.3 Å². The lowest BCUT2D eigenvalue weighted by Crippen LogP contribution is -2.26. The van der Waals surface area contributed by atoms with Crippen LogP contribution in [-0.4, -0.2) is 34.1 Å². The summed E-state index contributed by atoms with van der Waals surface area (Å²) in [5.74, 6) is 1.01. The maximum atomic E-state index is 5.94. The molecule has 0 aromatic carbocycles. The molecule has 6 heteroatoms. The smallest absolute Gasteiger partial charge is 0.232 e. The van der Waals surface area contributed by atoms with Gasteiger partial charge in [0.15, 0.2) is 0 Å². The van der Waals surface area contributed by atoms with Crippen molar-refractivity contribution in [1.29, 1.82) is 0 Å². The average molecular weight is 282 g/mol. The Bertz CT molecular complexity index is 425. The molecule has 5 nitrogen and oxygen atoms in total. The Balaban J connectivity index is 2.98. The van der Waals surface area contributed by atoms with Gasteiger partial charge in [0.05, 0.1) is 0 Å². The van der Waals surface area contributed by atoms with Crippen LogP contribution in [0.25, 0.3) is 0 Å². The van der Waals surface area contributed by atoms with E-state index in [1.54, 1.807) is 12.2 Å². The molecule has 0 saturated carbocycles. The fraction of sp³-hybridized carbons (Fsp3) is 0.462. The molecule has 19 heavy (non-hydrogen) atoms. The van der Waals surface area contributed by atoms with E-state index < -0.39 is 0 Å². The number of nitrogens with one attached hydrogen (secondary N) is 1. The topological polar surface area (TPSA) is 53.9 Å². The van der Waals surface area contributed by atoms with Crippen LogP contribution in [0.1, 0.15) is 20.3 Å². The van der Waals surface area contributed by atoms with E-state index in [9.17, 15) is 0 Å². The maximum Gasteiger partial charge on any atom is 0.232 e. The zero-order chi connectivity index (χ0) is 14.3. The highest BCUT2D eigenvalue weighted by Gasteiger charge is 2.11. The number of anilines is 2. The highest BCUT2D eigenvalue weighted by Crippen LogP contribution is 2.14. The Morgan fingerprint density at radius 2 is 1.89 bits per heavy atom. The number of halogens is 1. The summed E-state index contributed by atoms with van der Waals surface area (Å²) in [5.41, 5.74) is 0. The molecule has 0 saturated heterocycles. The molecule has 0 spiro atoms. The standard InChI is InChI=1S/C13H20ClN5/c1-5-8-19(9-6-2)13-17-11(14)16-12(18-13)15-10(4)7-3/h5-6,10H,1-2,7-9H2,3-4H3,(H,15,16,17,18). The molecule has 0 aliphatic rings. The van der Waals surface area contributed by atoms with Crippen LogP contribution in [0.5, 0.6) is 0 Å². The van der Waals surface area contributed by atoms with Crippen molar-refractivity contribution in [2.45, 2.75) is 26.3 Å². The second-order valence-electron chi connectivity index (χ2n) is 4.16. The van der Waals surface area contributed by atoms with Gasteiger partial charge in [-0.3, -0.25) is 0 Å². The van der Waals surface area contributed by atoms with E-state index in [-0.39, 0.29) is 11.3 Å². The van der Waals surface area contributed by atoms with Gasteiger partial charge in [-0.2, -0.15) is 15.0 Å². The van der Waals surface area contributed by atoms with Gasteiger partial charge in [-0.15, -0.1) is 13.2 Å². The van der Waals surface area contributed by atoms with Gasteiger partial charge < -0.3 is 10.2 Å². The molecule has 0 bridgehead atoms. The summed E-state index contributed by atoms with van der Waals surface area (Å²) in [6.07, 6.45) is 4.54. The molecule has 1 atom stereocenters. The number of nitrogens with zero attached hydrogens (tertiary/aromatic N) is 4. The zero-order valence-corrected chi connectivity index (χ0v) is 12.2. The number of hydrogen-bond acceptors (Lipinski definition) is 5. The second kappa shape index (κ2) is 7.74. The van der Waals surface area contributed by atoms with Gasteiger partial charge in [-0.25, -0.2) is 0 Å². The minimum Gasteiger partial charge on any atom is -0.352 e. The Kier molecular flexibility index (Phi) is 6.29. The molecule has 0 radical (unpaired) electrons. The monoisotopic (exact) mass is 281 g/mol. The van der Waals surface area contributed by atoms with Crippen molar-refractivity contribution in [2.24, 2.45) is 0 Å². The molecule has 0 amide bonds. The van der Waals surface area contributed by atoms with Crippen molar-refractivity contribution < 1.29 is 0 Å². The Hall–Kier alpha value is -1.62. The minimum absolute atomic E-state index is 0.175. The number of hydrogen-bond donors (Lipinski definition) is 1. The van der Waals surface area contributed by atoms with Gasteiger partial charge in [0.25, 0.3) is 0 Å². The summed E-state index contributed by atoms with van der Waals surface area (Å²) < 4.78 is 0. The first kappa shape index (κ1) is 15.4. The Morgan fingerprint density at radius 3 is 2.42 bits per heavy atom. The molecule has 1 rings (SSSR count). The summed E-state index contributed by atoms with van der Waals surface area (Å²) in [6.45, 7) is 12.8. The molecular weight excluding hydrogens is 262 g/mol. The van der Waals surface area contributed by atoms with Gasteiger partial charge in [0.2, 0.25) is 17.2 Å². The first-order valence-corrected chi connectivity index (χ1v) is 6.63.